The van der Waals surface area contributed by atoms with Gasteiger partial charge in [-0.25, -0.2) is 9.97 Å². The highest BCUT2D eigenvalue weighted by molar-refractivity contribution is 5.95. The minimum atomic E-state index is 0.00122. The van der Waals surface area contributed by atoms with Crippen molar-refractivity contribution in [1.82, 2.24) is 14.9 Å². The first-order chi connectivity index (χ1) is 15.7. The Hall–Kier alpha value is -3.61. The summed E-state index contributed by atoms with van der Waals surface area (Å²) in [4.78, 5) is 26.0. The normalized spacial score (nSPS) is 13.7. The van der Waals surface area contributed by atoms with Gasteiger partial charge in [0.25, 0.3) is 5.91 Å². The third-order valence-electron chi connectivity index (χ3n) is 5.40. The van der Waals surface area contributed by atoms with Crippen LogP contribution in [0.5, 0.6) is 11.5 Å². The van der Waals surface area contributed by atoms with Crippen LogP contribution in [0.25, 0.3) is 11.3 Å². The minimum absolute atomic E-state index is 0.00122. The molecule has 1 saturated heterocycles. The van der Waals surface area contributed by atoms with E-state index in [4.69, 9.17) is 9.47 Å². The monoisotopic (exact) mass is 432 g/mol. The number of benzene rings is 2. The number of anilines is 1. The molecular weight excluding hydrogens is 404 g/mol. The second-order valence-corrected chi connectivity index (χ2v) is 7.43. The Balaban J connectivity index is 1.43. The third kappa shape index (κ3) is 4.82. The van der Waals surface area contributed by atoms with Crippen LogP contribution in [-0.2, 0) is 0 Å². The first-order valence-electron chi connectivity index (χ1n) is 11.0. The van der Waals surface area contributed by atoms with E-state index in [1.165, 1.54) is 0 Å². The van der Waals surface area contributed by atoms with Crippen LogP contribution < -0.4 is 14.4 Å². The molecular formula is C25H28N4O3. The Kier molecular flexibility index (Phi) is 6.84. The van der Waals surface area contributed by atoms with E-state index in [2.05, 4.69) is 14.9 Å². The summed E-state index contributed by atoms with van der Waals surface area (Å²) < 4.78 is 11.3. The van der Waals surface area contributed by atoms with Crippen LogP contribution in [0, 0.1) is 0 Å². The topological polar surface area (TPSA) is 67.8 Å². The molecule has 0 saturated carbocycles. The molecule has 4 rings (SSSR count). The van der Waals surface area contributed by atoms with Crippen molar-refractivity contribution >= 4 is 11.7 Å². The van der Waals surface area contributed by atoms with E-state index < -0.39 is 0 Å². The lowest BCUT2D eigenvalue weighted by molar-refractivity contribution is 0.0746. The standard InChI is InChI=1S/C25H28N4O3/c1-3-31-22-11-10-20(16-23(22)32-4-2)25(30)29-14-12-28(13-15-29)24-17-21(26-18-27-24)19-8-6-5-7-9-19/h5-11,16-18H,3-4,12-15H2,1-2H3. The number of rotatable bonds is 7. The molecule has 1 fully saturated rings. The second kappa shape index (κ2) is 10.1. The van der Waals surface area contributed by atoms with Gasteiger partial charge in [-0.1, -0.05) is 30.3 Å². The highest BCUT2D eigenvalue weighted by Crippen LogP contribution is 2.29. The van der Waals surface area contributed by atoms with Crippen molar-refractivity contribution in [3.63, 3.8) is 0 Å². The zero-order valence-corrected chi connectivity index (χ0v) is 18.5. The van der Waals surface area contributed by atoms with Crippen molar-refractivity contribution in [1.29, 1.82) is 0 Å². The van der Waals surface area contributed by atoms with E-state index in [9.17, 15) is 4.79 Å². The quantitative estimate of drug-likeness (QED) is 0.564. The van der Waals surface area contributed by atoms with Crippen LogP contribution in [-0.4, -0.2) is 60.2 Å². The van der Waals surface area contributed by atoms with Crippen LogP contribution in [0.3, 0.4) is 0 Å². The fourth-order valence-corrected chi connectivity index (χ4v) is 3.79. The lowest BCUT2D eigenvalue weighted by Gasteiger charge is -2.35. The Morgan fingerprint density at radius 1 is 0.875 bits per heavy atom. The predicted octanol–water partition coefficient (Wildman–Crippen LogP) is 3.90. The van der Waals surface area contributed by atoms with Gasteiger partial charge in [0.15, 0.2) is 11.5 Å². The molecule has 1 aromatic heterocycles. The molecule has 0 radical (unpaired) electrons. The maximum atomic E-state index is 13.1. The number of carbonyl (C=O) groups is 1. The zero-order valence-electron chi connectivity index (χ0n) is 18.5. The molecule has 1 aliphatic rings. The smallest absolute Gasteiger partial charge is 0.254 e. The molecule has 0 unspecified atom stereocenters. The van der Waals surface area contributed by atoms with Gasteiger partial charge in [-0.3, -0.25) is 4.79 Å². The SMILES string of the molecule is CCOc1ccc(C(=O)N2CCN(c3cc(-c4ccccc4)ncn3)CC2)cc1OCC. The Morgan fingerprint density at radius 2 is 1.59 bits per heavy atom. The summed E-state index contributed by atoms with van der Waals surface area (Å²) in [6, 6.07) is 17.5. The second-order valence-electron chi connectivity index (χ2n) is 7.43. The van der Waals surface area contributed by atoms with E-state index in [1.807, 2.05) is 61.2 Å². The highest BCUT2D eigenvalue weighted by atomic mass is 16.5. The van der Waals surface area contributed by atoms with Crippen molar-refractivity contribution in [3.05, 3.63) is 66.5 Å². The van der Waals surface area contributed by atoms with Crippen molar-refractivity contribution in [2.75, 3.05) is 44.3 Å². The van der Waals surface area contributed by atoms with E-state index in [1.54, 1.807) is 18.5 Å². The summed E-state index contributed by atoms with van der Waals surface area (Å²) in [5, 5.41) is 0. The average molecular weight is 433 g/mol. The first-order valence-corrected chi connectivity index (χ1v) is 11.0. The van der Waals surface area contributed by atoms with Crippen molar-refractivity contribution < 1.29 is 14.3 Å². The summed E-state index contributed by atoms with van der Waals surface area (Å²) >= 11 is 0. The molecule has 0 atom stereocenters. The Morgan fingerprint density at radius 3 is 2.31 bits per heavy atom. The van der Waals surface area contributed by atoms with Gasteiger partial charge in [0, 0.05) is 43.4 Å². The molecule has 32 heavy (non-hydrogen) atoms. The van der Waals surface area contributed by atoms with E-state index >= 15 is 0 Å². The van der Waals surface area contributed by atoms with E-state index in [-0.39, 0.29) is 5.91 Å². The van der Waals surface area contributed by atoms with Crippen molar-refractivity contribution in [2.45, 2.75) is 13.8 Å². The fourth-order valence-electron chi connectivity index (χ4n) is 3.79. The molecule has 2 heterocycles. The molecule has 166 valence electrons. The number of ether oxygens (including phenoxy) is 2. The predicted molar refractivity (Wildman–Crippen MR) is 124 cm³/mol. The number of nitrogens with zero attached hydrogens (tertiary/aromatic N) is 4. The largest absolute Gasteiger partial charge is 0.490 e. The fraction of sp³-hybridized carbons (Fsp3) is 0.320. The summed E-state index contributed by atoms with van der Waals surface area (Å²) in [7, 11) is 0. The van der Waals surface area contributed by atoms with Gasteiger partial charge in [-0.15, -0.1) is 0 Å². The maximum Gasteiger partial charge on any atom is 0.254 e. The molecule has 3 aromatic rings. The molecule has 7 nitrogen and oxygen atoms in total. The molecule has 1 amide bonds. The van der Waals surface area contributed by atoms with Crippen LogP contribution >= 0.6 is 0 Å². The summed E-state index contributed by atoms with van der Waals surface area (Å²) in [6.45, 7) is 7.58. The Labute approximate surface area is 188 Å². The number of aromatic nitrogens is 2. The number of carbonyl (C=O) groups excluding carboxylic acids is 1. The molecule has 7 heteroatoms. The Bertz CT molecular complexity index is 1050. The van der Waals surface area contributed by atoms with Gasteiger partial charge in [-0.2, -0.15) is 0 Å². The van der Waals surface area contributed by atoms with E-state index in [0.29, 0.717) is 56.5 Å². The molecule has 2 aromatic carbocycles. The van der Waals surface area contributed by atoms with Crippen molar-refractivity contribution in [3.8, 4) is 22.8 Å². The van der Waals surface area contributed by atoms with Crippen LogP contribution in [0.4, 0.5) is 5.82 Å². The maximum absolute atomic E-state index is 13.1. The molecule has 0 spiro atoms. The van der Waals surface area contributed by atoms with Crippen LogP contribution in [0.2, 0.25) is 0 Å². The van der Waals surface area contributed by atoms with Gasteiger partial charge in [0.2, 0.25) is 0 Å². The van der Waals surface area contributed by atoms with E-state index in [0.717, 1.165) is 17.1 Å². The van der Waals surface area contributed by atoms with Crippen LogP contribution in [0.1, 0.15) is 24.2 Å². The first kappa shape index (κ1) is 21.6. The van der Waals surface area contributed by atoms with Gasteiger partial charge < -0.3 is 19.3 Å². The van der Waals surface area contributed by atoms with Gasteiger partial charge in [0.1, 0.15) is 12.1 Å². The van der Waals surface area contributed by atoms with Gasteiger partial charge >= 0.3 is 0 Å². The lowest BCUT2D eigenvalue weighted by atomic mass is 10.1. The van der Waals surface area contributed by atoms with Gasteiger partial charge in [-0.05, 0) is 32.0 Å². The number of hydrogen-bond donors (Lipinski definition) is 0. The summed E-state index contributed by atoms with van der Waals surface area (Å²) in [5.41, 5.74) is 2.57. The minimum Gasteiger partial charge on any atom is -0.490 e. The molecule has 0 bridgehead atoms. The molecule has 0 aliphatic carbocycles. The summed E-state index contributed by atoms with van der Waals surface area (Å²) in [5.74, 6) is 2.15. The third-order valence-corrected chi connectivity index (χ3v) is 5.40. The number of amides is 1. The molecule has 0 N–H and O–H groups in total. The lowest BCUT2D eigenvalue weighted by Crippen LogP contribution is -2.49. The summed E-state index contributed by atoms with van der Waals surface area (Å²) in [6.07, 6.45) is 1.60. The van der Waals surface area contributed by atoms with Gasteiger partial charge in [0.05, 0.1) is 18.9 Å². The highest BCUT2D eigenvalue weighted by Gasteiger charge is 2.24. The zero-order chi connectivity index (χ0) is 22.3. The van der Waals surface area contributed by atoms with Crippen LogP contribution in [0.15, 0.2) is 60.9 Å². The number of hydrogen-bond acceptors (Lipinski definition) is 6. The number of piperazine rings is 1. The van der Waals surface area contributed by atoms with Crippen molar-refractivity contribution in [2.24, 2.45) is 0 Å². The average Bonchev–Trinajstić information content (AvgIpc) is 2.86. The molecule has 1 aliphatic heterocycles.